The summed E-state index contributed by atoms with van der Waals surface area (Å²) < 4.78 is 5.01. The predicted octanol–water partition coefficient (Wildman–Crippen LogP) is 0.431. The smallest absolute Gasteiger partial charge is 0.242 e. The van der Waals surface area contributed by atoms with E-state index in [9.17, 15) is 0 Å². The molecule has 0 radical (unpaired) electrons. The van der Waals surface area contributed by atoms with Gasteiger partial charge >= 0.3 is 0 Å². The molecule has 0 spiro atoms. The molecule has 6 nitrogen and oxygen atoms in total. The van der Waals surface area contributed by atoms with E-state index in [4.69, 9.17) is 10.5 Å². The van der Waals surface area contributed by atoms with Crippen molar-refractivity contribution in [1.29, 1.82) is 0 Å². The van der Waals surface area contributed by atoms with Crippen LogP contribution in [-0.2, 0) is 0 Å². The SMILES string of the molecule is CCN(C)CCNc1ncnc(OC)c1N. The van der Waals surface area contributed by atoms with Gasteiger partial charge < -0.3 is 20.7 Å². The molecule has 1 aromatic heterocycles. The van der Waals surface area contributed by atoms with E-state index < -0.39 is 0 Å². The molecule has 1 rings (SSSR count). The fourth-order valence-electron chi connectivity index (χ4n) is 1.21. The summed E-state index contributed by atoms with van der Waals surface area (Å²) in [6.07, 6.45) is 1.43. The lowest BCUT2D eigenvalue weighted by atomic mass is 10.4. The molecule has 0 atom stereocenters. The highest BCUT2D eigenvalue weighted by Gasteiger charge is 2.07. The van der Waals surface area contributed by atoms with Crippen molar-refractivity contribution in [2.45, 2.75) is 6.92 Å². The van der Waals surface area contributed by atoms with Gasteiger partial charge in [-0.15, -0.1) is 0 Å². The summed E-state index contributed by atoms with van der Waals surface area (Å²) >= 11 is 0. The molecule has 0 fully saturated rings. The van der Waals surface area contributed by atoms with E-state index in [2.05, 4.69) is 34.2 Å². The number of nitrogen functional groups attached to an aromatic ring is 1. The largest absolute Gasteiger partial charge is 0.479 e. The van der Waals surface area contributed by atoms with Crippen LogP contribution >= 0.6 is 0 Å². The minimum atomic E-state index is 0.404. The third kappa shape index (κ3) is 3.23. The molecule has 6 heteroatoms. The van der Waals surface area contributed by atoms with E-state index in [-0.39, 0.29) is 0 Å². The molecule has 3 N–H and O–H groups in total. The van der Waals surface area contributed by atoms with Crippen molar-refractivity contribution < 1.29 is 4.74 Å². The Hall–Kier alpha value is -1.56. The lowest BCUT2D eigenvalue weighted by Gasteiger charge is -2.15. The van der Waals surface area contributed by atoms with Crippen LogP contribution < -0.4 is 15.8 Å². The number of rotatable bonds is 6. The van der Waals surface area contributed by atoms with Gasteiger partial charge in [-0.25, -0.2) is 4.98 Å². The summed E-state index contributed by atoms with van der Waals surface area (Å²) in [5.74, 6) is 1.03. The monoisotopic (exact) mass is 225 g/mol. The van der Waals surface area contributed by atoms with Gasteiger partial charge in [0.25, 0.3) is 0 Å². The van der Waals surface area contributed by atoms with Gasteiger partial charge in [0.2, 0.25) is 5.88 Å². The first-order valence-electron chi connectivity index (χ1n) is 5.25. The zero-order chi connectivity index (χ0) is 12.0. The first-order valence-corrected chi connectivity index (χ1v) is 5.25. The molecular weight excluding hydrogens is 206 g/mol. The Morgan fingerprint density at radius 2 is 2.25 bits per heavy atom. The summed E-state index contributed by atoms with van der Waals surface area (Å²) in [6, 6.07) is 0. The number of methoxy groups -OCH3 is 1. The molecule has 0 aromatic carbocycles. The summed E-state index contributed by atoms with van der Waals surface area (Å²) in [5.41, 5.74) is 6.27. The van der Waals surface area contributed by atoms with Gasteiger partial charge in [-0.05, 0) is 13.6 Å². The molecule has 0 saturated heterocycles. The van der Waals surface area contributed by atoms with Crippen molar-refractivity contribution in [3.63, 3.8) is 0 Å². The van der Waals surface area contributed by atoms with Gasteiger partial charge in [0.1, 0.15) is 12.0 Å². The van der Waals surface area contributed by atoms with E-state index in [1.165, 1.54) is 13.4 Å². The van der Waals surface area contributed by atoms with Crippen LogP contribution in [0.2, 0.25) is 0 Å². The van der Waals surface area contributed by atoms with E-state index in [1.54, 1.807) is 0 Å². The minimum Gasteiger partial charge on any atom is -0.479 e. The van der Waals surface area contributed by atoms with Crippen molar-refractivity contribution in [3.8, 4) is 5.88 Å². The first kappa shape index (κ1) is 12.5. The molecule has 0 aliphatic rings. The Morgan fingerprint density at radius 3 is 2.88 bits per heavy atom. The minimum absolute atomic E-state index is 0.404. The predicted molar refractivity (Wildman–Crippen MR) is 64.7 cm³/mol. The van der Waals surface area contributed by atoms with Gasteiger partial charge in [0.15, 0.2) is 5.82 Å². The van der Waals surface area contributed by atoms with Crippen LogP contribution in [0.25, 0.3) is 0 Å². The van der Waals surface area contributed by atoms with E-state index in [0.717, 1.165) is 19.6 Å². The number of hydrogen-bond donors (Lipinski definition) is 2. The van der Waals surface area contributed by atoms with Crippen LogP contribution in [0.3, 0.4) is 0 Å². The second kappa shape index (κ2) is 6.12. The number of likely N-dealkylation sites (N-methyl/N-ethyl adjacent to an activating group) is 1. The van der Waals surface area contributed by atoms with Gasteiger partial charge in [0, 0.05) is 13.1 Å². The molecule has 0 amide bonds. The van der Waals surface area contributed by atoms with Crippen LogP contribution in [0.4, 0.5) is 11.5 Å². The molecule has 0 aliphatic carbocycles. The number of ether oxygens (including phenoxy) is 1. The molecule has 0 bridgehead atoms. The number of nitrogens with one attached hydrogen (secondary N) is 1. The third-order valence-electron chi connectivity index (χ3n) is 2.37. The lowest BCUT2D eigenvalue weighted by Crippen LogP contribution is -2.25. The van der Waals surface area contributed by atoms with E-state index >= 15 is 0 Å². The van der Waals surface area contributed by atoms with Crippen LogP contribution in [0.1, 0.15) is 6.92 Å². The molecule has 1 aromatic rings. The molecule has 16 heavy (non-hydrogen) atoms. The second-order valence-corrected chi connectivity index (χ2v) is 3.47. The summed E-state index contributed by atoms with van der Waals surface area (Å²) in [7, 11) is 3.60. The summed E-state index contributed by atoms with van der Waals surface area (Å²) in [6.45, 7) is 4.85. The Bertz CT molecular complexity index is 331. The number of aromatic nitrogens is 2. The van der Waals surface area contributed by atoms with Gasteiger partial charge in [-0.3, -0.25) is 0 Å². The number of anilines is 2. The maximum absolute atomic E-state index is 5.82. The zero-order valence-electron chi connectivity index (χ0n) is 10.0. The van der Waals surface area contributed by atoms with E-state index in [1.807, 2.05) is 0 Å². The second-order valence-electron chi connectivity index (χ2n) is 3.47. The maximum atomic E-state index is 5.82. The van der Waals surface area contributed by atoms with Crippen molar-refractivity contribution in [2.75, 3.05) is 44.8 Å². The highest BCUT2D eigenvalue weighted by molar-refractivity contribution is 5.66. The van der Waals surface area contributed by atoms with E-state index in [0.29, 0.717) is 17.4 Å². The van der Waals surface area contributed by atoms with Crippen molar-refractivity contribution in [3.05, 3.63) is 6.33 Å². The summed E-state index contributed by atoms with van der Waals surface area (Å²) in [4.78, 5) is 10.2. The van der Waals surface area contributed by atoms with Gasteiger partial charge in [-0.2, -0.15) is 4.98 Å². The zero-order valence-corrected chi connectivity index (χ0v) is 10.0. The Balaban J connectivity index is 2.54. The molecule has 0 unspecified atom stereocenters. The number of hydrogen-bond acceptors (Lipinski definition) is 6. The molecule has 0 aliphatic heterocycles. The normalized spacial score (nSPS) is 10.5. The van der Waals surface area contributed by atoms with Crippen LogP contribution in [0, 0.1) is 0 Å². The molecular formula is C10H19N5O. The fourth-order valence-corrected chi connectivity index (χ4v) is 1.21. The molecule has 1 heterocycles. The van der Waals surface area contributed by atoms with Crippen LogP contribution in [-0.4, -0.2) is 48.7 Å². The lowest BCUT2D eigenvalue weighted by molar-refractivity contribution is 0.367. The Labute approximate surface area is 95.8 Å². The average molecular weight is 225 g/mol. The first-order chi connectivity index (χ1) is 7.69. The maximum Gasteiger partial charge on any atom is 0.242 e. The van der Waals surface area contributed by atoms with Crippen molar-refractivity contribution in [2.24, 2.45) is 0 Å². The molecule has 90 valence electrons. The van der Waals surface area contributed by atoms with Gasteiger partial charge in [-0.1, -0.05) is 6.92 Å². The molecule has 0 saturated carbocycles. The third-order valence-corrected chi connectivity index (χ3v) is 2.37. The van der Waals surface area contributed by atoms with Crippen LogP contribution in [0.5, 0.6) is 5.88 Å². The quantitative estimate of drug-likeness (QED) is 0.731. The van der Waals surface area contributed by atoms with Gasteiger partial charge in [0.05, 0.1) is 7.11 Å². The van der Waals surface area contributed by atoms with Crippen molar-refractivity contribution >= 4 is 11.5 Å². The topological polar surface area (TPSA) is 76.3 Å². The Morgan fingerprint density at radius 1 is 1.50 bits per heavy atom. The summed E-state index contributed by atoms with van der Waals surface area (Å²) in [5, 5.41) is 3.16. The number of nitrogens with zero attached hydrogens (tertiary/aromatic N) is 3. The number of nitrogens with two attached hydrogens (primary N) is 1. The highest BCUT2D eigenvalue weighted by Crippen LogP contribution is 2.23. The van der Waals surface area contributed by atoms with Crippen molar-refractivity contribution in [1.82, 2.24) is 14.9 Å². The fraction of sp³-hybridized carbons (Fsp3) is 0.600. The standard InChI is InChI=1S/C10H19N5O/c1-4-15(2)6-5-12-9-8(11)10(16-3)14-7-13-9/h7H,4-6,11H2,1-3H3,(H,12,13,14). The Kier molecular flexibility index (Phi) is 4.78. The highest BCUT2D eigenvalue weighted by atomic mass is 16.5. The average Bonchev–Trinajstić information content (AvgIpc) is 2.31. The van der Waals surface area contributed by atoms with Crippen LogP contribution in [0.15, 0.2) is 6.33 Å².